The second kappa shape index (κ2) is 7.24. The van der Waals surface area contributed by atoms with Gasteiger partial charge in [-0.3, -0.25) is 14.9 Å². The van der Waals surface area contributed by atoms with Crippen LogP contribution < -0.4 is 4.74 Å². The standard InChI is InChI=1S/C16H22N2O4/c1-12-10-14(8-9-15(12)18(20)21)22-11-16(19)17(2)13-6-4-3-5-7-13/h8-10,13H,3-7,11H2,1-2H3. The summed E-state index contributed by atoms with van der Waals surface area (Å²) in [7, 11) is 1.82. The summed E-state index contributed by atoms with van der Waals surface area (Å²) in [6.07, 6.45) is 5.70. The number of benzene rings is 1. The monoisotopic (exact) mass is 306 g/mol. The highest BCUT2D eigenvalue weighted by molar-refractivity contribution is 5.77. The zero-order valence-corrected chi connectivity index (χ0v) is 13.1. The number of carbonyl (C=O) groups excluding carboxylic acids is 1. The molecule has 120 valence electrons. The number of rotatable bonds is 5. The molecule has 0 saturated heterocycles. The third kappa shape index (κ3) is 3.96. The van der Waals surface area contributed by atoms with Gasteiger partial charge in [0.1, 0.15) is 5.75 Å². The van der Waals surface area contributed by atoms with E-state index in [1.165, 1.54) is 31.4 Å². The van der Waals surface area contributed by atoms with E-state index in [9.17, 15) is 14.9 Å². The lowest BCUT2D eigenvalue weighted by Gasteiger charge is -2.31. The molecule has 0 atom stereocenters. The number of nitro groups is 1. The van der Waals surface area contributed by atoms with Crippen LogP contribution >= 0.6 is 0 Å². The first-order chi connectivity index (χ1) is 10.5. The molecule has 1 aliphatic carbocycles. The zero-order chi connectivity index (χ0) is 16.1. The molecule has 6 heteroatoms. The number of ether oxygens (including phenoxy) is 1. The van der Waals surface area contributed by atoms with Crippen LogP contribution in [0.3, 0.4) is 0 Å². The molecule has 6 nitrogen and oxygen atoms in total. The zero-order valence-electron chi connectivity index (χ0n) is 13.1. The van der Waals surface area contributed by atoms with Gasteiger partial charge in [0.15, 0.2) is 6.61 Å². The van der Waals surface area contributed by atoms with Crippen LogP contribution in [0.15, 0.2) is 18.2 Å². The van der Waals surface area contributed by atoms with E-state index < -0.39 is 4.92 Å². The third-order valence-electron chi connectivity index (χ3n) is 4.24. The Bertz CT molecular complexity index is 553. The Hall–Kier alpha value is -2.11. The smallest absolute Gasteiger partial charge is 0.272 e. The first-order valence-corrected chi connectivity index (χ1v) is 7.62. The Kier molecular flexibility index (Phi) is 5.35. The minimum atomic E-state index is -0.429. The van der Waals surface area contributed by atoms with E-state index in [-0.39, 0.29) is 18.2 Å². The van der Waals surface area contributed by atoms with E-state index in [2.05, 4.69) is 0 Å². The Labute approximate surface area is 130 Å². The molecule has 1 aromatic carbocycles. The molecule has 2 rings (SSSR count). The maximum atomic E-state index is 12.2. The molecule has 0 aromatic heterocycles. The van der Waals surface area contributed by atoms with Crippen molar-refractivity contribution < 1.29 is 14.5 Å². The normalized spacial score (nSPS) is 15.4. The number of carbonyl (C=O) groups is 1. The summed E-state index contributed by atoms with van der Waals surface area (Å²) in [5, 5.41) is 10.8. The van der Waals surface area contributed by atoms with Crippen LogP contribution in [0.4, 0.5) is 5.69 Å². The second-order valence-electron chi connectivity index (χ2n) is 5.79. The average Bonchev–Trinajstić information content (AvgIpc) is 2.52. The number of aryl methyl sites for hydroxylation is 1. The number of nitro benzene ring substituents is 1. The van der Waals surface area contributed by atoms with Crippen molar-refractivity contribution >= 4 is 11.6 Å². The molecular weight excluding hydrogens is 284 g/mol. The van der Waals surface area contributed by atoms with E-state index >= 15 is 0 Å². The predicted molar refractivity (Wildman–Crippen MR) is 83.0 cm³/mol. The molecule has 1 fully saturated rings. The molecule has 0 radical (unpaired) electrons. The minimum Gasteiger partial charge on any atom is -0.484 e. The van der Waals surface area contributed by atoms with Crippen molar-refractivity contribution in [3.8, 4) is 5.75 Å². The molecule has 1 aliphatic rings. The van der Waals surface area contributed by atoms with Crippen LogP contribution in [-0.2, 0) is 4.79 Å². The van der Waals surface area contributed by atoms with Crippen LogP contribution in [0.25, 0.3) is 0 Å². The summed E-state index contributed by atoms with van der Waals surface area (Å²) in [6, 6.07) is 4.83. The lowest BCUT2D eigenvalue weighted by atomic mass is 9.94. The summed E-state index contributed by atoms with van der Waals surface area (Å²) < 4.78 is 5.48. The van der Waals surface area contributed by atoms with Crippen molar-refractivity contribution in [1.29, 1.82) is 0 Å². The summed E-state index contributed by atoms with van der Waals surface area (Å²) in [6.45, 7) is 1.62. The van der Waals surface area contributed by atoms with Crippen LogP contribution in [0.2, 0.25) is 0 Å². The molecule has 1 aromatic rings. The first kappa shape index (κ1) is 16.3. The van der Waals surface area contributed by atoms with Gasteiger partial charge in [0.05, 0.1) is 4.92 Å². The molecule has 0 aliphatic heterocycles. The van der Waals surface area contributed by atoms with Crippen molar-refractivity contribution in [2.45, 2.75) is 45.1 Å². The van der Waals surface area contributed by atoms with E-state index in [1.54, 1.807) is 17.9 Å². The largest absolute Gasteiger partial charge is 0.484 e. The SMILES string of the molecule is Cc1cc(OCC(=O)N(C)C2CCCCC2)ccc1[N+](=O)[O-]. The highest BCUT2D eigenvalue weighted by Crippen LogP contribution is 2.24. The number of hydrogen-bond donors (Lipinski definition) is 0. The third-order valence-corrected chi connectivity index (χ3v) is 4.24. The maximum Gasteiger partial charge on any atom is 0.272 e. The van der Waals surface area contributed by atoms with Gasteiger partial charge >= 0.3 is 0 Å². The minimum absolute atomic E-state index is 0.0374. The Morgan fingerprint density at radius 3 is 2.64 bits per heavy atom. The fourth-order valence-electron chi connectivity index (χ4n) is 2.84. The predicted octanol–water partition coefficient (Wildman–Crippen LogP) is 3.07. The number of amides is 1. The van der Waals surface area contributed by atoms with Crippen molar-refractivity contribution in [2.75, 3.05) is 13.7 Å². The first-order valence-electron chi connectivity index (χ1n) is 7.62. The quantitative estimate of drug-likeness (QED) is 0.619. The summed E-state index contributed by atoms with van der Waals surface area (Å²) in [5.41, 5.74) is 0.577. The van der Waals surface area contributed by atoms with Crippen LogP contribution in [-0.4, -0.2) is 35.4 Å². The van der Waals surface area contributed by atoms with Crippen molar-refractivity contribution in [3.63, 3.8) is 0 Å². The average molecular weight is 306 g/mol. The number of nitrogens with zero attached hydrogens (tertiary/aromatic N) is 2. The summed E-state index contributed by atoms with van der Waals surface area (Å²) in [4.78, 5) is 24.3. The Morgan fingerprint density at radius 2 is 2.05 bits per heavy atom. The van der Waals surface area contributed by atoms with Crippen molar-refractivity contribution in [2.24, 2.45) is 0 Å². The highest BCUT2D eigenvalue weighted by Gasteiger charge is 2.22. The molecule has 1 saturated carbocycles. The Balaban J connectivity index is 1.90. The molecular formula is C16H22N2O4. The van der Waals surface area contributed by atoms with Crippen LogP contribution in [0.1, 0.15) is 37.7 Å². The van der Waals surface area contributed by atoms with Gasteiger partial charge in [0.25, 0.3) is 11.6 Å². The fraction of sp³-hybridized carbons (Fsp3) is 0.562. The maximum absolute atomic E-state index is 12.2. The van der Waals surface area contributed by atoms with Gasteiger partial charge in [-0.05, 0) is 31.9 Å². The molecule has 0 bridgehead atoms. The molecule has 1 amide bonds. The second-order valence-corrected chi connectivity index (χ2v) is 5.79. The van der Waals surface area contributed by atoms with Gasteiger partial charge in [0, 0.05) is 24.7 Å². The van der Waals surface area contributed by atoms with Crippen molar-refractivity contribution in [1.82, 2.24) is 4.90 Å². The van der Waals surface area contributed by atoms with Gasteiger partial charge in [-0.1, -0.05) is 19.3 Å². The topological polar surface area (TPSA) is 72.7 Å². The van der Waals surface area contributed by atoms with E-state index in [1.807, 2.05) is 7.05 Å². The van der Waals surface area contributed by atoms with Gasteiger partial charge in [-0.25, -0.2) is 0 Å². The van der Waals surface area contributed by atoms with Crippen LogP contribution in [0.5, 0.6) is 5.75 Å². The summed E-state index contributed by atoms with van der Waals surface area (Å²) in [5.74, 6) is 0.427. The lowest BCUT2D eigenvalue weighted by molar-refractivity contribution is -0.385. The summed E-state index contributed by atoms with van der Waals surface area (Å²) >= 11 is 0. The molecule has 0 unspecified atom stereocenters. The van der Waals surface area contributed by atoms with Crippen LogP contribution in [0, 0.1) is 17.0 Å². The van der Waals surface area contributed by atoms with E-state index in [0.717, 1.165) is 12.8 Å². The van der Waals surface area contributed by atoms with Crippen molar-refractivity contribution in [3.05, 3.63) is 33.9 Å². The molecule has 0 heterocycles. The van der Waals surface area contributed by atoms with E-state index in [4.69, 9.17) is 4.74 Å². The number of hydrogen-bond acceptors (Lipinski definition) is 4. The fourth-order valence-corrected chi connectivity index (χ4v) is 2.84. The van der Waals surface area contributed by atoms with Gasteiger partial charge in [-0.15, -0.1) is 0 Å². The molecule has 0 spiro atoms. The molecule has 22 heavy (non-hydrogen) atoms. The highest BCUT2D eigenvalue weighted by atomic mass is 16.6. The van der Waals surface area contributed by atoms with Gasteiger partial charge in [0.2, 0.25) is 0 Å². The van der Waals surface area contributed by atoms with Gasteiger partial charge in [-0.2, -0.15) is 0 Å². The molecule has 0 N–H and O–H groups in total. The lowest BCUT2D eigenvalue weighted by Crippen LogP contribution is -2.40. The van der Waals surface area contributed by atoms with Gasteiger partial charge < -0.3 is 9.64 Å². The number of likely N-dealkylation sites (N-methyl/N-ethyl adjacent to an activating group) is 1. The van der Waals surface area contributed by atoms with E-state index in [0.29, 0.717) is 17.4 Å². The Morgan fingerprint density at radius 1 is 1.36 bits per heavy atom.